The van der Waals surface area contributed by atoms with E-state index >= 15 is 0 Å². The van der Waals surface area contributed by atoms with Crippen molar-refractivity contribution in [3.8, 4) is 5.75 Å². The number of carbonyl (C=O) groups is 2. The molecule has 1 saturated carbocycles. The van der Waals surface area contributed by atoms with Crippen LogP contribution in [0.4, 0.5) is 4.39 Å². The molecule has 2 amide bonds. The van der Waals surface area contributed by atoms with Crippen LogP contribution in [0, 0.1) is 11.7 Å². The fraction of sp³-hybridized carbons (Fsp3) is 0.619. The van der Waals surface area contributed by atoms with Gasteiger partial charge in [0, 0.05) is 19.5 Å². The lowest BCUT2D eigenvalue weighted by Crippen LogP contribution is -2.49. The second-order valence-corrected chi connectivity index (χ2v) is 7.59. The van der Waals surface area contributed by atoms with E-state index in [0.717, 1.165) is 38.5 Å². The number of halogens is 1. The first-order valence-electron chi connectivity index (χ1n) is 10.00. The molecule has 0 radical (unpaired) electrons. The molecule has 1 aromatic carbocycles. The lowest BCUT2D eigenvalue weighted by Gasteiger charge is -2.32. The third-order valence-electron chi connectivity index (χ3n) is 5.66. The number of hydrogen-bond donors (Lipinski definition) is 0. The Labute approximate surface area is 160 Å². The molecule has 1 atom stereocenters. The van der Waals surface area contributed by atoms with Crippen LogP contribution < -0.4 is 4.74 Å². The fourth-order valence-electron chi connectivity index (χ4n) is 4.07. The Hall–Kier alpha value is -2.11. The van der Waals surface area contributed by atoms with Crippen molar-refractivity contribution in [3.63, 3.8) is 0 Å². The zero-order valence-corrected chi connectivity index (χ0v) is 16.0. The lowest BCUT2D eigenvalue weighted by molar-refractivity contribution is -0.146. The number of carbonyl (C=O) groups excluding carboxylic acids is 2. The smallest absolute Gasteiger partial charge is 0.245 e. The molecule has 0 bridgehead atoms. The van der Waals surface area contributed by atoms with Gasteiger partial charge in [-0.05, 0) is 49.9 Å². The Balaban J connectivity index is 1.50. The van der Waals surface area contributed by atoms with Gasteiger partial charge in [0.1, 0.15) is 24.2 Å². The van der Waals surface area contributed by atoms with Crippen molar-refractivity contribution in [1.29, 1.82) is 0 Å². The highest BCUT2D eigenvalue weighted by molar-refractivity contribution is 5.89. The van der Waals surface area contributed by atoms with E-state index in [1.165, 1.54) is 18.6 Å². The summed E-state index contributed by atoms with van der Waals surface area (Å²) in [6, 6.07) is 5.49. The van der Waals surface area contributed by atoms with E-state index in [1.807, 2.05) is 4.90 Å². The summed E-state index contributed by atoms with van der Waals surface area (Å²) < 4.78 is 18.5. The van der Waals surface area contributed by atoms with E-state index in [-0.39, 0.29) is 29.6 Å². The number of likely N-dealkylation sites (N-methyl/N-ethyl adjacent to an activating group) is 1. The molecule has 5 nitrogen and oxygen atoms in total. The van der Waals surface area contributed by atoms with Crippen LogP contribution >= 0.6 is 0 Å². The lowest BCUT2D eigenvalue weighted by atomic mass is 9.88. The highest BCUT2D eigenvalue weighted by atomic mass is 19.1. The van der Waals surface area contributed by atoms with Gasteiger partial charge >= 0.3 is 0 Å². The number of rotatable bonds is 6. The van der Waals surface area contributed by atoms with Gasteiger partial charge in [-0.2, -0.15) is 0 Å². The van der Waals surface area contributed by atoms with Crippen LogP contribution in [0.3, 0.4) is 0 Å². The second kappa shape index (κ2) is 9.20. The monoisotopic (exact) mass is 376 g/mol. The van der Waals surface area contributed by atoms with Gasteiger partial charge in [-0.1, -0.05) is 19.3 Å². The fourth-order valence-corrected chi connectivity index (χ4v) is 4.07. The van der Waals surface area contributed by atoms with Crippen LogP contribution in [0.1, 0.15) is 44.9 Å². The summed E-state index contributed by atoms with van der Waals surface area (Å²) in [5.41, 5.74) is 0. The van der Waals surface area contributed by atoms with Crippen molar-refractivity contribution < 1.29 is 18.7 Å². The SMILES string of the molecule is CN(CCOc1ccc(F)cc1)C(=O)C1CCCN1C(=O)C1CCCCC1. The first-order chi connectivity index (χ1) is 13.1. The third kappa shape index (κ3) is 4.99. The van der Waals surface area contributed by atoms with E-state index in [9.17, 15) is 14.0 Å². The Morgan fingerprint density at radius 3 is 2.52 bits per heavy atom. The summed E-state index contributed by atoms with van der Waals surface area (Å²) in [5, 5.41) is 0. The van der Waals surface area contributed by atoms with Crippen LogP contribution in [0.25, 0.3) is 0 Å². The molecular weight excluding hydrogens is 347 g/mol. The molecule has 27 heavy (non-hydrogen) atoms. The molecule has 1 aromatic rings. The van der Waals surface area contributed by atoms with Crippen molar-refractivity contribution in [2.75, 3.05) is 26.7 Å². The summed E-state index contributed by atoms with van der Waals surface area (Å²) in [5.74, 6) is 0.519. The number of amides is 2. The summed E-state index contributed by atoms with van der Waals surface area (Å²) in [4.78, 5) is 29.2. The molecule has 0 spiro atoms. The van der Waals surface area contributed by atoms with Crippen LogP contribution in [0.15, 0.2) is 24.3 Å². The topological polar surface area (TPSA) is 49.9 Å². The maximum Gasteiger partial charge on any atom is 0.245 e. The first kappa shape index (κ1) is 19.6. The Bertz CT molecular complexity index is 643. The molecule has 0 aromatic heterocycles. The zero-order valence-electron chi connectivity index (χ0n) is 16.0. The molecule has 1 aliphatic carbocycles. The van der Waals surface area contributed by atoms with E-state index in [0.29, 0.717) is 25.4 Å². The third-order valence-corrected chi connectivity index (χ3v) is 5.66. The Morgan fingerprint density at radius 1 is 1.11 bits per heavy atom. The minimum absolute atomic E-state index is 0.0145. The van der Waals surface area contributed by atoms with Crippen molar-refractivity contribution in [1.82, 2.24) is 9.80 Å². The predicted molar refractivity (Wildman–Crippen MR) is 101 cm³/mol. The minimum Gasteiger partial charge on any atom is -0.492 e. The van der Waals surface area contributed by atoms with Gasteiger partial charge in [0.15, 0.2) is 0 Å². The van der Waals surface area contributed by atoms with Crippen molar-refractivity contribution in [2.24, 2.45) is 5.92 Å². The number of likely N-dealkylation sites (tertiary alicyclic amines) is 1. The maximum absolute atomic E-state index is 12.9. The summed E-state index contributed by atoms with van der Waals surface area (Å²) in [7, 11) is 1.75. The van der Waals surface area contributed by atoms with Gasteiger partial charge in [0.2, 0.25) is 11.8 Å². The highest BCUT2D eigenvalue weighted by Crippen LogP contribution is 2.29. The van der Waals surface area contributed by atoms with Gasteiger partial charge < -0.3 is 14.5 Å². The van der Waals surface area contributed by atoms with Crippen molar-refractivity contribution in [3.05, 3.63) is 30.1 Å². The predicted octanol–water partition coefficient (Wildman–Crippen LogP) is 3.23. The van der Waals surface area contributed by atoms with E-state index in [2.05, 4.69) is 0 Å². The van der Waals surface area contributed by atoms with Gasteiger partial charge in [-0.15, -0.1) is 0 Å². The van der Waals surface area contributed by atoms with Crippen molar-refractivity contribution >= 4 is 11.8 Å². The van der Waals surface area contributed by atoms with Gasteiger partial charge in [-0.25, -0.2) is 4.39 Å². The summed E-state index contributed by atoms with van der Waals surface area (Å²) >= 11 is 0. The Kier molecular flexibility index (Phi) is 6.69. The number of ether oxygens (including phenoxy) is 1. The molecule has 1 unspecified atom stereocenters. The van der Waals surface area contributed by atoms with Gasteiger partial charge in [0.05, 0.1) is 6.54 Å². The summed E-state index contributed by atoms with van der Waals surface area (Å²) in [6.07, 6.45) is 6.97. The number of hydrogen-bond acceptors (Lipinski definition) is 3. The van der Waals surface area contributed by atoms with Gasteiger partial charge in [-0.3, -0.25) is 9.59 Å². The molecule has 0 N–H and O–H groups in total. The standard InChI is InChI=1S/C21H29FN2O3/c1-23(14-15-27-18-11-9-17(22)10-12-18)21(26)19-8-5-13-24(19)20(25)16-6-3-2-4-7-16/h9-12,16,19H,2-8,13-15H2,1H3. The van der Waals surface area contributed by atoms with E-state index in [4.69, 9.17) is 4.74 Å². The molecule has 1 aliphatic heterocycles. The average molecular weight is 376 g/mol. The maximum atomic E-state index is 12.9. The molecule has 2 fully saturated rings. The first-order valence-corrected chi connectivity index (χ1v) is 10.00. The van der Waals surface area contributed by atoms with Crippen LogP contribution in [0.2, 0.25) is 0 Å². The van der Waals surface area contributed by atoms with Crippen LogP contribution in [-0.2, 0) is 9.59 Å². The van der Waals surface area contributed by atoms with Gasteiger partial charge in [0.25, 0.3) is 0 Å². The molecule has 1 heterocycles. The molecular formula is C21H29FN2O3. The largest absolute Gasteiger partial charge is 0.492 e. The second-order valence-electron chi connectivity index (χ2n) is 7.59. The summed E-state index contributed by atoms with van der Waals surface area (Å²) in [6.45, 7) is 1.45. The zero-order chi connectivity index (χ0) is 19.2. The van der Waals surface area contributed by atoms with E-state index < -0.39 is 0 Å². The molecule has 1 saturated heterocycles. The Morgan fingerprint density at radius 2 is 1.81 bits per heavy atom. The quantitative estimate of drug-likeness (QED) is 0.766. The molecule has 148 valence electrons. The highest BCUT2D eigenvalue weighted by Gasteiger charge is 2.38. The minimum atomic E-state index is -0.338. The van der Waals surface area contributed by atoms with Crippen LogP contribution in [0.5, 0.6) is 5.75 Å². The molecule has 2 aliphatic rings. The van der Waals surface area contributed by atoms with Crippen molar-refractivity contribution in [2.45, 2.75) is 51.0 Å². The average Bonchev–Trinajstić information content (AvgIpc) is 3.18. The molecule has 6 heteroatoms. The van der Waals surface area contributed by atoms with Crippen LogP contribution in [-0.4, -0.2) is 54.4 Å². The number of benzene rings is 1. The number of nitrogens with zero attached hydrogens (tertiary/aromatic N) is 2. The normalized spacial score (nSPS) is 20.5. The molecule has 3 rings (SSSR count). The van der Waals surface area contributed by atoms with E-state index in [1.54, 1.807) is 24.1 Å².